The quantitative estimate of drug-likeness (QED) is 0.339. The Hall–Kier alpha value is -3.33. The number of hydrazone groups is 1. The van der Waals surface area contributed by atoms with E-state index >= 15 is 0 Å². The Kier molecular flexibility index (Phi) is 7.58. The van der Waals surface area contributed by atoms with Crippen molar-refractivity contribution >= 4 is 24.6 Å². The first-order chi connectivity index (χ1) is 13.2. The number of rotatable bonds is 8. The Labute approximate surface area is 167 Å². The van der Waals surface area contributed by atoms with E-state index in [1.54, 1.807) is 42.6 Å². The Morgan fingerprint density at radius 2 is 2.04 bits per heavy atom. The van der Waals surface area contributed by atoms with E-state index in [4.69, 9.17) is 15.3 Å². The van der Waals surface area contributed by atoms with Crippen LogP contribution in [0.5, 0.6) is 11.5 Å². The summed E-state index contributed by atoms with van der Waals surface area (Å²) in [7, 11) is 0. The smallest absolute Gasteiger partial charge is 0.263 e. The fourth-order valence-electron chi connectivity index (χ4n) is 2.25. The Morgan fingerprint density at radius 3 is 2.75 bits per heavy atom. The molecule has 0 radical (unpaired) electrons. The maximum absolute atomic E-state index is 13.7. The van der Waals surface area contributed by atoms with Crippen LogP contribution in [0.25, 0.3) is 0 Å². The molecule has 0 aliphatic heterocycles. The third kappa shape index (κ3) is 5.34. The molecule has 0 saturated heterocycles. The van der Waals surface area contributed by atoms with Crippen molar-refractivity contribution in [2.24, 2.45) is 5.10 Å². The van der Waals surface area contributed by atoms with Gasteiger partial charge in [0.05, 0.1) is 12.8 Å². The molecule has 0 bridgehead atoms. The average molecular weight is 407 g/mol. The summed E-state index contributed by atoms with van der Waals surface area (Å²) in [4.78, 5) is 0. The number of nitrogens with zero attached hydrogens (tertiary/aromatic N) is 4. The minimum atomic E-state index is -0.307. The highest BCUT2D eigenvalue weighted by Gasteiger charge is 2.08. The molecule has 3 rings (SSSR count). The normalized spacial score (nSPS) is 10.5. The number of ether oxygens (including phenoxy) is 2. The van der Waals surface area contributed by atoms with Crippen molar-refractivity contribution in [3.05, 3.63) is 65.7 Å². The molecule has 10 heteroatoms. The van der Waals surface area contributed by atoms with Crippen molar-refractivity contribution in [2.75, 3.05) is 17.9 Å². The molecule has 148 valence electrons. The van der Waals surface area contributed by atoms with Crippen molar-refractivity contribution in [1.82, 2.24) is 14.9 Å². The van der Waals surface area contributed by atoms with Crippen molar-refractivity contribution < 1.29 is 13.9 Å². The maximum atomic E-state index is 13.7. The van der Waals surface area contributed by atoms with Crippen LogP contribution in [0.4, 0.5) is 10.3 Å². The zero-order valence-electron chi connectivity index (χ0n) is 15.1. The average Bonchev–Trinajstić information content (AvgIpc) is 3.07. The number of anilines is 1. The van der Waals surface area contributed by atoms with Gasteiger partial charge in [-0.15, -0.1) is 22.6 Å². The highest BCUT2D eigenvalue weighted by atomic mass is 35.5. The van der Waals surface area contributed by atoms with Gasteiger partial charge in [0.15, 0.2) is 11.5 Å². The second kappa shape index (κ2) is 10.1. The molecule has 3 aromatic rings. The molecular formula is C18H20ClFN6O2. The third-order valence-corrected chi connectivity index (χ3v) is 3.56. The standard InChI is InChI=1S/C18H19FN6O2.ClH/c1-2-26-17-9-13(10-21-23-18-24-22-12-25(18)20)7-8-16(17)27-11-14-5-3-4-6-15(14)19;/h3-10,12H,2,11,20H2,1H3,(H,23,24);1H/b21-10-;. The van der Waals surface area contributed by atoms with Gasteiger partial charge in [0.2, 0.25) is 0 Å². The predicted octanol–water partition coefficient (Wildman–Crippen LogP) is 2.98. The van der Waals surface area contributed by atoms with Gasteiger partial charge in [0, 0.05) is 5.56 Å². The molecule has 0 aliphatic carbocycles. The fraction of sp³-hybridized carbons (Fsp3) is 0.167. The summed E-state index contributed by atoms with van der Waals surface area (Å²) in [6.45, 7) is 2.44. The molecule has 0 spiro atoms. The van der Waals surface area contributed by atoms with Crippen LogP contribution in [0.2, 0.25) is 0 Å². The summed E-state index contributed by atoms with van der Waals surface area (Å²) < 4.78 is 26.3. The molecule has 0 fully saturated rings. The van der Waals surface area contributed by atoms with E-state index in [0.29, 0.717) is 29.6 Å². The molecule has 1 aromatic heterocycles. The molecule has 8 nitrogen and oxygen atoms in total. The number of benzene rings is 2. The molecule has 3 N–H and O–H groups in total. The maximum Gasteiger partial charge on any atom is 0.263 e. The van der Waals surface area contributed by atoms with Crippen LogP contribution in [0.15, 0.2) is 53.9 Å². The van der Waals surface area contributed by atoms with Crippen LogP contribution in [-0.4, -0.2) is 27.7 Å². The number of aromatic nitrogens is 3. The summed E-state index contributed by atoms with van der Waals surface area (Å²) >= 11 is 0. The zero-order valence-corrected chi connectivity index (χ0v) is 15.9. The van der Waals surface area contributed by atoms with E-state index in [0.717, 1.165) is 5.56 Å². The summed E-state index contributed by atoms with van der Waals surface area (Å²) in [5.74, 6) is 6.65. The van der Waals surface area contributed by atoms with Crippen LogP contribution in [0, 0.1) is 5.82 Å². The minimum absolute atomic E-state index is 0. The monoisotopic (exact) mass is 406 g/mol. The van der Waals surface area contributed by atoms with E-state index in [-0.39, 0.29) is 24.8 Å². The zero-order chi connectivity index (χ0) is 19.1. The summed E-state index contributed by atoms with van der Waals surface area (Å²) in [6, 6.07) is 11.8. The molecule has 2 aromatic carbocycles. The lowest BCUT2D eigenvalue weighted by Gasteiger charge is -2.13. The topological polar surface area (TPSA) is 99.6 Å². The lowest BCUT2D eigenvalue weighted by molar-refractivity contribution is 0.266. The molecular weight excluding hydrogens is 387 g/mol. The number of nitrogen functional groups attached to an aromatic ring is 1. The largest absolute Gasteiger partial charge is 0.490 e. The van der Waals surface area contributed by atoms with Gasteiger partial charge < -0.3 is 15.3 Å². The van der Waals surface area contributed by atoms with Gasteiger partial charge in [-0.2, -0.15) is 5.10 Å². The van der Waals surface area contributed by atoms with Crippen molar-refractivity contribution in [1.29, 1.82) is 0 Å². The van der Waals surface area contributed by atoms with Crippen LogP contribution < -0.4 is 20.7 Å². The van der Waals surface area contributed by atoms with E-state index in [9.17, 15) is 4.39 Å². The van der Waals surface area contributed by atoms with Crippen molar-refractivity contribution in [2.45, 2.75) is 13.5 Å². The van der Waals surface area contributed by atoms with Crippen LogP contribution in [0.3, 0.4) is 0 Å². The molecule has 0 aliphatic rings. The number of nitrogens with one attached hydrogen (secondary N) is 1. The Morgan fingerprint density at radius 1 is 1.21 bits per heavy atom. The molecule has 0 atom stereocenters. The Balaban J connectivity index is 0.00000280. The van der Waals surface area contributed by atoms with Crippen molar-refractivity contribution in [3.8, 4) is 11.5 Å². The van der Waals surface area contributed by atoms with Crippen molar-refractivity contribution in [3.63, 3.8) is 0 Å². The highest BCUT2D eigenvalue weighted by Crippen LogP contribution is 2.29. The Bertz CT molecular complexity index is 934. The van der Waals surface area contributed by atoms with Gasteiger partial charge in [0.1, 0.15) is 18.8 Å². The van der Waals surface area contributed by atoms with E-state index in [1.807, 2.05) is 6.92 Å². The first-order valence-electron chi connectivity index (χ1n) is 8.24. The first kappa shape index (κ1) is 21.0. The van der Waals surface area contributed by atoms with Crippen LogP contribution in [-0.2, 0) is 6.61 Å². The molecule has 28 heavy (non-hydrogen) atoms. The van der Waals surface area contributed by atoms with Gasteiger partial charge >= 0.3 is 0 Å². The van der Waals surface area contributed by atoms with Gasteiger partial charge in [-0.25, -0.2) is 14.5 Å². The fourth-order valence-corrected chi connectivity index (χ4v) is 2.25. The number of hydrogen-bond donors (Lipinski definition) is 2. The SMILES string of the molecule is CCOc1cc(/C=N\Nc2nncn2N)ccc1OCc1ccccc1F.Cl. The molecule has 1 heterocycles. The van der Waals surface area contributed by atoms with Gasteiger partial charge in [-0.1, -0.05) is 18.2 Å². The van der Waals surface area contributed by atoms with E-state index in [1.165, 1.54) is 17.1 Å². The number of nitrogens with two attached hydrogens (primary N) is 1. The van der Waals surface area contributed by atoms with Crippen LogP contribution in [0.1, 0.15) is 18.1 Å². The minimum Gasteiger partial charge on any atom is -0.490 e. The van der Waals surface area contributed by atoms with Crippen LogP contribution >= 0.6 is 12.4 Å². The highest BCUT2D eigenvalue weighted by molar-refractivity contribution is 5.85. The number of hydrogen-bond acceptors (Lipinski definition) is 7. The lowest BCUT2D eigenvalue weighted by Crippen LogP contribution is -2.10. The molecule has 0 unspecified atom stereocenters. The summed E-state index contributed by atoms with van der Waals surface area (Å²) in [6.07, 6.45) is 2.94. The van der Waals surface area contributed by atoms with E-state index < -0.39 is 0 Å². The second-order valence-corrected chi connectivity index (χ2v) is 5.45. The second-order valence-electron chi connectivity index (χ2n) is 5.45. The third-order valence-electron chi connectivity index (χ3n) is 3.56. The first-order valence-corrected chi connectivity index (χ1v) is 8.24. The van der Waals surface area contributed by atoms with Gasteiger partial charge in [-0.3, -0.25) is 0 Å². The summed E-state index contributed by atoms with van der Waals surface area (Å²) in [5.41, 5.74) is 3.92. The number of halogens is 2. The van der Waals surface area contributed by atoms with Gasteiger partial charge in [-0.05, 0) is 36.8 Å². The summed E-state index contributed by atoms with van der Waals surface area (Å²) in [5, 5.41) is 11.5. The molecule has 0 saturated carbocycles. The molecule has 0 amide bonds. The van der Waals surface area contributed by atoms with Gasteiger partial charge in [0.25, 0.3) is 5.95 Å². The predicted molar refractivity (Wildman–Crippen MR) is 107 cm³/mol. The lowest BCUT2D eigenvalue weighted by atomic mass is 10.2. The van der Waals surface area contributed by atoms with E-state index in [2.05, 4.69) is 20.7 Å².